The van der Waals surface area contributed by atoms with Crippen molar-refractivity contribution >= 4 is 17.6 Å². The normalized spacial score (nSPS) is 9.59. The van der Waals surface area contributed by atoms with Gasteiger partial charge >= 0.3 is 11.9 Å². The molecule has 5 nitrogen and oxygen atoms in total. The van der Waals surface area contributed by atoms with Crippen molar-refractivity contribution in [3.05, 3.63) is 23.8 Å². The molecule has 0 bridgehead atoms. The molecule has 0 aliphatic rings. The fourth-order valence-corrected chi connectivity index (χ4v) is 1.27. The minimum absolute atomic E-state index is 0.174. The third-order valence-electron chi connectivity index (χ3n) is 2.14. The van der Waals surface area contributed by atoms with E-state index in [1.54, 1.807) is 32.2 Å². The molecule has 0 saturated carbocycles. The summed E-state index contributed by atoms with van der Waals surface area (Å²) < 4.78 is 9.62. The number of esters is 1. The molecule has 0 heterocycles. The fourth-order valence-electron chi connectivity index (χ4n) is 1.27. The first-order valence-electron chi connectivity index (χ1n) is 5.21. The van der Waals surface area contributed by atoms with Crippen LogP contribution in [0.1, 0.15) is 12.5 Å². The number of amides is 1. The Morgan fingerprint density at radius 2 is 2.06 bits per heavy atom. The molecule has 0 spiro atoms. The molecular weight excluding hydrogens is 222 g/mol. The Kier molecular flexibility index (Phi) is 4.51. The maximum absolute atomic E-state index is 11.4. The van der Waals surface area contributed by atoms with Gasteiger partial charge in [-0.2, -0.15) is 0 Å². The van der Waals surface area contributed by atoms with Crippen molar-refractivity contribution in [2.45, 2.75) is 13.8 Å². The van der Waals surface area contributed by atoms with Crippen LogP contribution in [-0.4, -0.2) is 25.6 Å². The van der Waals surface area contributed by atoms with Crippen molar-refractivity contribution in [3.63, 3.8) is 0 Å². The summed E-state index contributed by atoms with van der Waals surface area (Å²) in [5.74, 6) is -0.973. The Morgan fingerprint density at radius 3 is 2.59 bits per heavy atom. The third kappa shape index (κ3) is 3.48. The maximum atomic E-state index is 11.4. The van der Waals surface area contributed by atoms with Gasteiger partial charge in [-0.3, -0.25) is 4.79 Å². The number of nitrogens with one attached hydrogen (secondary N) is 1. The van der Waals surface area contributed by atoms with E-state index >= 15 is 0 Å². The molecule has 0 atom stereocenters. The molecular formula is C12H15NO4. The number of hydrogen-bond acceptors (Lipinski definition) is 4. The number of aryl methyl sites for hydroxylation is 1. The van der Waals surface area contributed by atoms with Crippen molar-refractivity contribution < 1.29 is 19.1 Å². The Hall–Kier alpha value is -2.04. The first-order valence-corrected chi connectivity index (χ1v) is 5.21. The van der Waals surface area contributed by atoms with Gasteiger partial charge in [0.15, 0.2) is 0 Å². The average molecular weight is 237 g/mol. The van der Waals surface area contributed by atoms with Crippen molar-refractivity contribution in [2.24, 2.45) is 0 Å². The summed E-state index contributed by atoms with van der Waals surface area (Å²) in [5.41, 5.74) is 1.37. The Bertz CT molecular complexity index is 429. The number of anilines is 1. The quantitative estimate of drug-likeness (QED) is 0.639. The van der Waals surface area contributed by atoms with Crippen LogP contribution in [0, 0.1) is 6.92 Å². The highest BCUT2D eigenvalue weighted by molar-refractivity contribution is 6.37. The van der Waals surface area contributed by atoms with Crippen LogP contribution >= 0.6 is 0 Å². The third-order valence-corrected chi connectivity index (χ3v) is 2.14. The molecule has 5 heteroatoms. The van der Waals surface area contributed by atoms with E-state index in [0.29, 0.717) is 11.4 Å². The lowest BCUT2D eigenvalue weighted by Gasteiger charge is -2.09. The Labute approximate surface area is 99.7 Å². The molecule has 1 aromatic rings. The number of hydrogen-bond donors (Lipinski definition) is 1. The second-order valence-corrected chi connectivity index (χ2v) is 3.36. The molecule has 1 amide bonds. The van der Waals surface area contributed by atoms with Crippen LogP contribution < -0.4 is 10.1 Å². The molecule has 1 rings (SSSR count). The van der Waals surface area contributed by atoms with Gasteiger partial charge in [-0.25, -0.2) is 4.79 Å². The SMILES string of the molecule is CCOC(=O)C(=O)Nc1ccc(OC)cc1C. The highest BCUT2D eigenvalue weighted by Crippen LogP contribution is 2.20. The van der Waals surface area contributed by atoms with E-state index in [1.165, 1.54) is 0 Å². The minimum atomic E-state index is -0.886. The number of ether oxygens (including phenoxy) is 2. The zero-order valence-electron chi connectivity index (χ0n) is 10.1. The largest absolute Gasteiger partial charge is 0.497 e. The molecule has 1 N–H and O–H groups in total. The van der Waals surface area contributed by atoms with Crippen LogP contribution in [0.25, 0.3) is 0 Å². The molecule has 92 valence electrons. The van der Waals surface area contributed by atoms with Crippen molar-refractivity contribution in [1.82, 2.24) is 0 Å². The van der Waals surface area contributed by atoms with E-state index in [2.05, 4.69) is 10.1 Å². The van der Waals surface area contributed by atoms with Crippen LogP contribution in [0.15, 0.2) is 18.2 Å². The summed E-state index contributed by atoms with van der Waals surface area (Å²) in [4.78, 5) is 22.5. The Morgan fingerprint density at radius 1 is 1.35 bits per heavy atom. The van der Waals surface area contributed by atoms with E-state index in [0.717, 1.165) is 5.56 Å². The zero-order chi connectivity index (χ0) is 12.8. The van der Waals surface area contributed by atoms with Crippen LogP contribution in [0.2, 0.25) is 0 Å². The minimum Gasteiger partial charge on any atom is -0.497 e. The average Bonchev–Trinajstić information content (AvgIpc) is 2.31. The molecule has 17 heavy (non-hydrogen) atoms. The van der Waals surface area contributed by atoms with E-state index in [4.69, 9.17) is 4.74 Å². The number of carbonyl (C=O) groups excluding carboxylic acids is 2. The van der Waals surface area contributed by atoms with Crippen LogP contribution in [-0.2, 0) is 14.3 Å². The summed E-state index contributed by atoms with van der Waals surface area (Å²) >= 11 is 0. The summed E-state index contributed by atoms with van der Waals surface area (Å²) in [5, 5.41) is 2.48. The number of benzene rings is 1. The van der Waals surface area contributed by atoms with Crippen LogP contribution in [0.4, 0.5) is 5.69 Å². The molecule has 1 aromatic carbocycles. The van der Waals surface area contributed by atoms with Gasteiger partial charge in [0.1, 0.15) is 5.75 Å². The highest BCUT2D eigenvalue weighted by atomic mass is 16.5. The lowest BCUT2D eigenvalue weighted by atomic mass is 10.2. The molecule has 0 saturated heterocycles. The predicted molar refractivity (Wildman–Crippen MR) is 63.0 cm³/mol. The second kappa shape index (κ2) is 5.89. The Balaban J connectivity index is 2.75. The lowest BCUT2D eigenvalue weighted by Crippen LogP contribution is -2.25. The summed E-state index contributed by atoms with van der Waals surface area (Å²) in [7, 11) is 1.56. The first kappa shape index (κ1) is 13.0. The zero-order valence-corrected chi connectivity index (χ0v) is 10.1. The van der Waals surface area contributed by atoms with Gasteiger partial charge in [0.25, 0.3) is 0 Å². The molecule has 0 unspecified atom stereocenters. The smallest absolute Gasteiger partial charge is 0.397 e. The van der Waals surface area contributed by atoms with Gasteiger partial charge in [-0.1, -0.05) is 0 Å². The summed E-state index contributed by atoms with van der Waals surface area (Å²) in [6.07, 6.45) is 0. The standard InChI is InChI=1S/C12H15NO4/c1-4-17-12(15)11(14)13-10-6-5-9(16-3)7-8(10)2/h5-7H,4H2,1-3H3,(H,13,14). The molecule has 0 radical (unpaired) electrons. The summed E-state index contributed by atoms with van der Waals surface area (Å²) in [6.45, 7) is 3.63. The van der Waals surface area contributed by atoms with Crippen molar-refractivity contribution in [2.75, 3.05) is 19.0 Å². The number of carbonyl (C=O) groups is 2. The topological polar surface area (TPSA) is 64.6 Å². The van der Waals surface area contributed by atoms with Gasteiger partial charge in [-0.15, -0.1) is 0 Å². The predicted octanol–water partition coefficient (Wildman–Crippen LogP) is 1.51. The van der Waals surface area contributed by atoms with Crippen LogP contribution in [0.3, 0.4) is 0 Å². The molecule has 0 aromatic heterocycles. The molecule has 0 fully saturated rings. The van der Waals surface area contributed by atoms with Gasteiger partial charge in [0.2, 0.25) is 0 Å². The fraction of sp³-hybridized carbons (Fsp3) is 0.333. The number of methoxy groups -OCH3 is 1. The van der Waals surface area contributed by atoms with Crippen LogP contribution in [0.5, 0.6) is 5.75 Å². The van der Waals surface area contributed by atoms with E-state index in [-0.39, 0.29) is 6.61 Å². The monoisotopic (exact) mass is 237 g/mol. The molecule has 0 aliphatic carbocycles. The second-order valence-electron chi connectivity index (χ2n) is 3.36. The highest BCUT2D eigenvalue weighted by Gasteiger charge is 2.15. The van der Waals surface area contributed by atoms with E-state index < -0.39 is 11.9 Å². The number of rotatable bonds is 3. The van der Waals surface area contributed by atoms with Gasteiger partial charge in [-0.05, 0) is 37.6 Å². The van der Waals surface area contributed by atoms with Crippen molar-refractivity contribution in [1.29, 1.82) is 0 Å². The maximum Gasteiger partial charge on any atom is 0.397 e. The van der Waals surface area contributed by atoms with Gasteiger partial charge < -0.3 is 14.8 Å². The van der Waals surface area contributed by atoms with E-state index in [1.807, 2.05) is 6.92 Å². The molecule has 0 aliphatic heterocycles. The van der Waals surface area contributed by atoms with E-state index in [9.17, 15) is 9.59 Å². The van der Waals surface area contributed by atoms with Gasteiger partial charge in [0.05, 0.1) is 13.7 Å². The van der Waals surface area contributed by atoms with Crippen molar-refractivity contribution in [3.8, 4) is 5.75 Å². The van der Waals surface area contributed by atoms with Gasteiger partial charge in [0, 0.05) is 5.69 Å². The first-order chi connectivity index (χ1) is 8.08. The lowest BCUT2D eigenvalue weighted by molar-refractivity contribution is -0.152. The summed E-state index contributed by atoms with van der Waals surface area (Å²) in [6, 6.07) is 5.14.